The van der Waals surface area contributed by atoms with Crippen LogP contribution in [0, 0.1) is 27.7 Å². The standard InChI is InChI=1S/C22H24N6OS2/c1-12-6-7-13(2)17(10-12)18-11-31-21(24-18)25-19(29)9-8-16-14(3)23-20-26-22(30-5)27-28(20)15(16)4/h6-7,10-11H,8-9H2,1-5H3,(H,24,25,29). The summed E-state index contributed by atoms with van der Waals surface area (Å²) in [5, 5.41) is 10.7. The number of aromatic nitrogens is 5. The molecular weight excluding hydrogens is 428 g/mol. The maximum Gasteiger partial charge on any atom is 0.253 e. The molecule has 160 valence electrons. The minimum Gasteiger partial charge on any atom is -0.302 e. The normalized spacial score (nSPS) is 11.3. The van der Waals surface area contributed by atoms with Gasteiger partial charge in [0.25, 0.3) is 5.78 Å². The first kappa shape index (κ1) is 21.5. The van der Waals surface area contributed by atoms with Crippen LogP contribution >= 0.6 is 23.1 Å². The fourth-order valence-corrected chi connectivity index (χ4v) is 4.59. The Balaban J connectivity index is 1.45. The molecular formula is C22H24N6OS2. The Kier molecular flexibility index (Phi) is 6.06. The second-order valence-corrected chi connectivity index (χ2v) is 9.11. The summed E-state index contributed by atoms with van der Waals surface area (Å²) in [6.45, 7) is 8.07. The Morgan fingerprint density at radius 1 is 1.16 bits per heavy atom. The number of rotatable bonds is 6. The molecule has 0 saturated carbocycles. The molecule has 1 amide bonds. The SMILES string of the molecule is CSc1nc2nc(C)c(CCC(=O)Nc3nc(-c4cc(C)ccc4C)cs3)c(C)n2n1. The zero-order valence-corrected chi connectivity index (χ0v) is 19.8. The van der Waals surface area contributed by atoms with Crippen molar-refractivity contribution < 1.29 is 4.79 Å². The zero-order chi connectivity index (χ0) is 22.1. The Bertz CT molecular complexity index is 1280. The van der Waals surface area contributed by atoms with E-state index in [0.717, 1.165) is 28.2 Å². The van der Waals surface area contributed by atoms with Crippen LogP contribution in [0.25, 0.3) is 17.0 Å². The van der Waals surface area contributed by atoms with E-state index in [2.05, 4.69) is 57.4 Å². The lowest BCUT2D eigenvalue weighted by molar-refractivity contribution is -0.116. The van der Waals surface area contributed by atoms with Crippen molar-refractivity contribution in [3.63, 3.8) is 0 Å². The number of amides is 1. The third-order valence-corrected chi connectivity index (χ3v) is 6.53. The van der Waals surface area contributed by atoms with Crippen LogP contribution in [-0.4, -0.2) is 36.7 Å². The highest BCUT2D eigenvalue weighted by atomic mass is 32.2. The van der Waals surface area contributed by atoms with Crippen molar-refractivity contribution in [1.82, 2.24) is 24.6 Å². The van der Waals surface area contributed by atoms with Gasteiger partial charge in [0.05, 0.1) is 5.69 Å². The summed E-state index contributed by atoms with van der Waals surface area (Å²) in [5.41, 5.74) is 7.21. The van der Waals surface area contributed by atoms with Gasteiger partial charge in [-0.2, -0.15) is 4.98 Å². The van der Waals surface area contributed by atoms with Gasteiger partial charge < -0.3 is 5.32 Å². The molecule has 0 spiro atoms. The summed E-state index contributed by atoms with van der Waals surface area (Å²) < 4.78 is 1.75. The first-order valence-electron chi connectivity index (χ1n) is 9.95. The van der Waals surface area contributed by atoms with E-state index in [0.29, 0.717) is 28.9 Å². The van der Waals surface area contributed by atoms with Crippen LogP contribution in [0.3, 0.4) is 0 Å². The summed E-state index contributed by atoms with van der Waals surface area (Å²) in [6, 6.07) is 6.30. The van der Waals surface area contributed by atoms with Crippen LogP contribution in [0.4, 0.5) is 5.13 Å². The molecule has 7 nitrogen and oxygen atoms in total. The lowest BCUT2D eigenvalue weighted by Crippen LogP contribution is -2.14. The lowest BCUT2D eigenvalue weighted by atomic mass is 10.0. The van der Waals surface area contributed by atoms with E-state index in [1.165, 1.54) is 34.2 Å². The van der Waals surface area contributed by atoms with Crippen molar-refractivity contribution >= 4 is 39.9 Å². The predicted octanol–water partition coefficient (Wildman–Crippen LogP) is 4.77. The molecule has 31 heavy (non-hydrogen) atoms. The monoisotopic (exact) mass is 452 g/mol. The molecule has 3 heterocycles. The summed E-state index contributed by atoms with van der Waals surface area (Å²) in [6.07, 6.45) is 2.86. The maximum atomic E-state index is 12.6. The minimum absolute atomic E-state index is 0.0656. The number of anilines is 1. The van der Waals surface area contributed by atoms with Gasteiger partial charge in [-0.05, 0) is 57.6 Å². The average molecular weight is 453 g/mol. The van der Waals surface area contributed by atoms with Crippen LogP contribution in [0.1, 0.15) is 34.5 Å². The number of benzene rings is 1. The molecule has 0 aliphatic carbocycles. The Morgan fingerprint density at radius 3 is 2.74 bits per heavy atom. The number of thiazole rings is 1. The first-order valence-corrected chi connectivity index (χ1v) is 12.1. The Hall–Kier alpha value is -2.78. The number of hydrogen-bond acceptors (Lipinski definition) is 7. The first-order chi connectivity index (χ1) is 14.9. The molecule has 3 aromatic heterocycles. The molecule has 0 atom stereocenters. The number of thioether (sulfide) groups is 1. The van der Waals surface area contributed by atoms with E-state index in [4.69, 9.17) is 0 Å². The van der Waals surface area contributed by atoms with Gasteiger partial charge >= 0.3 is 0 Å². The second-order valence-electron chi connectivity index (χ2n) is 7.48. The van der Waals surface area contributed by atoms with E-state index in [1.54, 1.807) is 4.52 Å². The average Bonchev–Trinajstić information content (AvgIpc) is 3.36. The molecule has 4 rings (SSSR count). The molecule has 0 unspecified atom stereocenters. The van der Waals surface area contributed by atoms with Crippen LogP contribution in [0.5, 0.6) is 0 Å². The number of carbonyl (C=O) groups is 1. The van der Waals surface area contributed by atoms with Crippen LogP contribution in [0.2, 0.25) is 0 Å². The van der Waals surface area contributed by atoms with Gasteiger partial charge in [-0.15, -0.1) is 16.4 Å². The molecule has 0 fully saturated rings. The van der Waals surface area contributed by atoms with Gasteiger partial charge in [-0.1, -0.05) is 29.5 Å². The van der Waals surface area contributed by atoms with Gasteiger partial charge in [-0.3, -0.25) is 4.79 Å². The minimum atomic E-state index is -0.0656. The summed E-state index contributed by atoms with van der Waals surface area (Å²) >= 11 is 2.93. The van der Waals surface area contributed by atoms with E-state index in [9.17, 15) is 4.79 Å². The van der Waals surface area contributed by atoms with E-state index in [-0.39, 0.29) is 5.91 Å². The van der Waals surface area contributed by atoms with Crippen molar-refractivity contribution in [1.29, 1.82) is 0 Å². The van der Waals surface area contributed by atoms with Crippen LogP contribution < -0.4 is 5.32 Å². The van der Waals surface area contributed by atoms with Crippen molar-refractivity contribution in [2.75, 3.05) is 11.6 Å². The third kappa shape index (κ3) is 4.47. The Morgan fingerprint density at radius 2 is 1.97 bits per heavy atom. The maximum absolute atomic E-state index is 12.6. The fourth-order valence-electron chi connectivity index (χ4n) is 3.53. The second kappa shape index (κ2) is 8.76. The molecule has 1 aromatic carbocycles. The number of nitrogens with zero attached hydrogens (tertiary/aromatic N) is 5. The molecule has 0 radical (unpaired) electrons. The fraction of sp³-hybridized carbons (Fsp3) is 0.318. The molecule has 0 saturated heterocycles. The number of carbonyl (C=O) groups excluding carboxylic acids is 1. The topological polar surface area (TPSA) is 85.1 Å². The van der Waals surface area contributed by atoms with E-state index >= 15 is 0 Å². The lowest BCUT2D eigenvalue weighted by Gasteiger charge is -2.10. The van der Waals surface area contributed by atoms with Gasteiger partial charge in [-0.25, -0.2) is 14.5 Å². The quantitative estimate of drug-likeness (QED) is 0.424. The molecule has 1 N–H and O–H groups in total. The van der Waals surface area contributed by atoms with Gasteiger partial charge in [0, 0.05) is 28.8 Å². The number of nitrogens with one attached hydrogen (secondary N) is 1. The van der Waals surface area contributed by atoms with Crippen molar-refractivity contribution in [2.24, 2.45) is 0 Å². The summed E-state index contributed by atoms with van der Waals surface area (Å²) in [5.74, 6) is 0.526. The van der Waals surface area contributed by atoms with Gasteiger partial charge in [0.15, 0.2) is 5.13 Å². The van der Waals surface area contributed by atoms with E-state index in [1.807, 2.05) is 25.5 Å². The van der Waals surface area contributed by atoms with Crippen molar-refractivity contribution in [3.05, 3.63) is 51.7 Å². The van der Waals surface area contributed by atoms with E-state index < -0.39 is 0 Å². The Labute approximate surface area is 189 Å². The molecule has 9 heteroatoms. The highest BCUT2D eigenvalue weighted by Gasteiger charge is 2.15. The molecule has 0 aliphatic heterocycles. The molecule has 0 bridgehead atoms. The summed E-state index contributed by atoms with van der Waals surface area (Å²) in [7, 11) is 0. The summed E-state index contributed by atoms with van der Waals surface area (Å²) in [4.78, 5) is 26.2. The molecule has 0 aliphatic rings. The highest BCUT2D eigenvalue weighted by Crippen LogP contribution is 2.28. The number of aryl methyl sites for hydroxylation is 4. The highest BCUT2D eigenvalue weighted by molar-refractivity contribution is 7.98. The smallest absolute Gasteiger partial charge is 0.253 e. The van der Waals surface area contributed by atoms with Gasteiger partial charge in [0.2, 0.25) is 11.1 Å². The largest absolute Gasteiger partial charge is 0.302 e. The number of fused-ring (bicyclic) bond motifs is 1. The number of hydrogen-bond donors (Lipinski definition) is 1. The van der Waals surface area contributed by atoms with Crippen LogP contribution in [-0.2, 0) is 11.2 Å². The van der Waals surface area contributed by atoms with Crippen molar-refractivity contribution in [3.8, 4) is 11.3 Å². The van der Waals surface area contributed by atoms with Crippen molar-refractivity contribution in [2.45, 2.75) is 45.7 Å². The predicted molar refractivity (Wildman–Crippen MR) is 126 cm³/mol. The zero-order valence-electron chi connectivity index (χ0n) is 18.2. The molecule has 4 aromatic rings. The van der Waals surface area contributed by atoms with Crippen LogP contribution in [0.15, 0.2) is 28.7 Å². The third-order valence-electron chi connectivity index (χ3n) is 5.23. The van der Waals surface area contributed by atoms with Gasteiger partial charge in [0.1, 0.15) is 0 Å².